The first-order chi connectivity index (χ1) is 14.7. The molecule has 1 amide bonds. The molecule has 4 aliphatic heterocycles. The van der Waals surface area contributed by atoms with E-state index in [2.05, 4.69) is 44.2 Å². The predicted octanol–water partition coefficient (Wildman–Crippen LogP) is 1.30. The molecule has 4 aliphatic rings. The van der Waals surface area contributed by atoms with E-state index in [-0.39, 0.29) is 11.9 Å². The van der Waals surface area contributed by atoms with Gasteiger partial charge in [0.2, 0.25) is 0 Å². The highest BCUT2D eigenvalue weighted by Crippen LogP contribution is 2.32. The molecule has 0 aliphatic carbocycles. The first kappa shape index (κ1) is 19.6. The molecule has 0 spiro atoms. The minimum absolute atomic E-state index is 0.102. The van der Waals surface area contributed by atoms with Crippen LogP contribution in [0.1, 0.15) is 36.0 Å². The van der Waals surface area contributed by atoms with Crippen molar-refractivity contribution in [3.8, 4) is 11.8 Å². The van der Waals surface area contributed by atoms with Crippen LogP contribution in [-0.2, 0) is 0 Å². The smallest absolute Gasteiger partial charge is 0.270 e. The van der Waals surface area contributed by atoms with Gasteiger partial charge in [-0.05, 0) is 50.8 Å². The number of hydrogen-bond acceptors (Lipinski definition) is 6. The highest BCUT2D eigenvalue weighted by Gasteiger charge is 2.40. The zero-order chi connectivity index (χ0) is 20.5. The fourth-order valence-electron chi connectivity index (χ4n) is 5.01. The second-order valence-corrected chi connectivity index (χ2v) is 8.66. The summed E-state index contributed by atoms with van der Waals surface area (Å²) < 4.78 is 5.79. The van der Waals surface area contributed by atoms with Crippen molar-refractivity contribution in [3.05, 3.63) is 29.8 Å². The number of pyridine rings is 1. The minimum Gasteiger partial charge on any atom is -0.446 e. The minimum atomic E-state index is -0.102. The third-order valence-electron chi connectivity index (χ3n) is 6.84. The van der Waals surface area contributed by atoms with Crippen LogP contribution in [0.25, 0.3) is 11.0 Å². The van der Waals surface area contributed by atoms with E-state index < -0.39 is 0 Å². The molecule has 0 unspecified atom stereocenters. The molecule has 2 atom stereocenters. The summed E-state index contributed by atoms with van der Waals surface area (Å²) in [6, 6.07) is 4.29. The second kappa shape index (κ2) is 8.38. The fraction of sp³-hybridized carbons (Fsp3) is 0.565. The second-order valence-electron chi connectivity index (χ2n) is 8.66. The van der Waals surface area contributed by atoms with E-state index in [1.54, 1.807) is 6.20 Å². The molecule has 2 aromatic rings. The number of rotatable bonds is 3. The highest BCUT2D eigenvalue weighted by molar-refractivity contribution is 5.96. The number of nitrogens with one attached hydrogen (secondary N) is 2. The molecule has 0 aromatic carbocycles. The van der Waals surface area contributed by atoms with Crippen molar-refractivity contribution < 1.29 is 9.21 Å². The maximum atomic E-state index is 12.9. The van der Waals surface area contributed by atoms with Gasteiger partial charge in [-0.25, -0.2) is 4.98 Å². The van der Waals surface area contributed by atoms with Crippen LogP contribution in [0.15, 0.2) is 22.7 Å². The number of furan rings is 1. The van der Waals surface area contributed by atoms with Crippen molar-refractivity contribution in [3.63, 3.8) is 0 Å². The molecule has 0 radical (unpaired) electrons. The summed E-state index contributed by atoms with van der Waals surface area (Å²) in [5.74, 6) is 7.39. The van der Waals surface area contributed by atoms with Crippen molar-refractivity contribution in [2.75, 3.05) is 45.8 Å². The lowest BCUT2D eigenvalue weighted by atomic mass is 9.79. The van der Waals surface area contributed by atoms with Crippen LogP contribution >= 0.6 is 0 Å². The van der Waals surface area contributed by atoms with Crippen LogP contribution in [0.4, 0.5) is 0 Å². The van der Waals surface area contributed by atoms with Crippen molar-refractivity contribution in [1.29, 1.82) is 0 Å². The van der Waals surface area contributed by atoms with E-state index in [1.807, 2.05) is 12.1 Å². The zero-order valence-electron chi connectivity index (χ0n) is 17.5. The molecule has 2 aromatic heterocycles. The number of fused-ring (bicyclic) bond motifs is 4. The Balaban J connectivity index is 1.26. The number of hydrogen-bond donors (Lipinski definition) is 2. The van der Waals surface area contributed by atoms with Crippen molar-refractivity contribution >= 4 is 16.9 Å². The fourth-order valence-corrected chi connectivity index (χ4v) is 5.01. The first-order valence-corrected chi connectivity index (χ1v) is 11.0. The molecule has 6 heterocycles. The summed E-state index contributed by atoms with van der Waals surface area (Å²) in [5, 5.41) is 7.45. The summed E-state index contributed by atoms with van der Waals surface area (Å²) >= 11 is 0. The van der Waals surface area contributed by atoms with Crippen LogP contribution in [0, 0.1) is 17.8 Å². The van der Waals surface area contributed by atoms with Gasteiger partial charge in [-0.3, -0.25) is 14.6 Å². The summed E-state index contributed by atoms with van der Waals surface area (Å²) in [6.07, 6.45) is 3.96. The Bertz CT molecular complexity index is 974. The van der Waals surface area contributed by atoms with Crippen molar-refractivity contribution in [1.82, 2.24) is 25.4 Å². The van der Waals surface area contributed by atoms with Gasteiger partial charge >= 0.3 is 0 Å². The van der Waals surface area contributed by atoms with E-state index in [4.69, 9.17) is 4.42 Å². The molecule has 0 saturated carbocycles. The number of piperazine rings is 1. The Morgan fingerprint density at radius 3 is 2.83 bits per heavy atom. The maximum Gasteiger partial charge on any atom is 0.270 e. The number of aromatic nitrogens is 1. The van der Waals surface area contributed by atoms with Gasteiger partial charge in [-0.1, -0.05) is 5.92 Å². The van der Waals surface area contributed by atoms with Gasteiger partial charge < -0.3 is 15.1 Å². The van der Waals surface area contributed by atoms with Gasteiger partial charge in [0, 0.05) is 49.7 Å². The molecule has 2 bridgehead atoms. The van der Waals surface area contributed by atoms with E-state index in [1.165, 1.54) is 12.8 Å². The molecular formula is C23H29N5O2. The summed E-state index contributed by atoms with van der Waals surface area (Å²) in [7, 11) is 0. The number of carbonyl (C=O) groups excluding carboxylic acids is 1. The van der Waals surface area contributed by atoms with Gasteiger partial charge in [0.15, 0.2) is 11.3 Å². The van der Waals surface area contributed by atoms with Crippen LogP contribution < -0.4 is 10.6 Å². The molecule has 7 heteroatoms. The quantitative estimate of drug-likeness (QED) is 0.748. The monoisotopic (exact) mass is 407 g/mol. The van der Waals surface area contributed by atoms with Crippen LogP contribution in [0.2, 0.25) is 0 Å². The van der Waals surface area contributed by atoms with E-state index in [9.17, 15) is 4.79 Å². The Morgan fingerprint density at radius 2 is 2.07 bits per heavy atom. The molecule has 4 fully saturated rings. The molecule has 2 N–H and O–H groups in total. The molecule has 7 nitrogen and oxygen atoms in total. The largest absolute Gasteiger partial charge is 0.446 e. The third kappa shape index (κ3) is 3.95. The number of amides is 1. The van der Waals surface area contributed by atoms with Crippen molar-refractivity contribution in [2.45, 2.75) is 31.8 Å². The molecule has 4 saturated heterocycles. The Morgan fingerprint density at radius 1 is 1.27 bits per heavy atom. The Labute approximate surface area is 177 Å². The maximum absolute atomic E-state index is 12.9. The van der Waals surface area contributed by atoms with E-state index in [0.717, 1.165) is 51.2 Å². The topological polar surface area (TPSA) is 73.6 Å². The number of nitrogens with zero attached hydrogens (tertiary/aromatic N) is 3. The predicted molar refractivity (Wildman–Crippen MR) is 115 cm³/mol. The molecule has 30 heavy (non-hydrogen) atoms. The lowest BCUT2D eigenvalue weighted by Gasteiger charge is -2.49. The third-order valence-corrected chi connectivity index (χ3v) is 6.84. The zero-order valence-corrected chi connectivity index (χ0v) is 17.5. The average Bonchev–Trinajstić information content (AvgIpc) is 3.19. The van der Waals surface area contributed by atoms with Gasteiger partial charge in [-0.2, -0.15) is 0 Å². The lowest BCUT2D eigenvalue weighted by molar-refractivity contribution is 0.0216. The van der Waals surface area contributed by atoms with Gasteiger partial charge in [-0.15, -0.1) is 0 Å². The summed E-state index contributed by atoms with van der Waals surface area (Å²) in [5.41, 5.74) is 1.10. The highest BCUT2D eigenvalue weighted by atomic mass is 16.3. The lowest BCUT2D eigenvalue weighted by Crippen LogP contribution is -2.62. The van der Waals surface area contributed by atoms with Crippen LogP contribution in [0.3, 0.4) is 0 Å². The van der Waals surface area contributed by atoms with Gasteiger partial charge in [0.1, 0.15) is 5.69 Å². The SMILES string of the molecule is C[C@H]1[C@H](NC(=O)c2cc3cc(C#CCN4CCNCC4)oc3cn2)C2CCN1CC2. The molecule has 6 rings (SSSR count). The number of piperidine rings is 3. The first-order valence-electron chi connectivity index (χ1n) is 11.0. The Kier molecular flexibility index (Phi) is 5.47. The number of carbonyl (C=O) groups is 1. The molecule has 158 valence electrons. The van der Waals surface area contributed by atoms with Crippen LogP contribution in [-0.4, -0.2) is 78.6 Å². The average molecular weight is 408 g/mol. The van der Waals surface area contributed by atoms with Gasteiger partial charge in [0.05, 0.1) is 12.7 Å². The standard InChI is InChI=1S/C23H29N5O2/c1-16-22(17-4-9-28(16)10-5-17)26-23(29)20-14-18-13-19(30-21(18)15-25-20)3-2-8-27-11-6-24-7-12-27/h13-17,22,24H,4-12H2,1H3,(H,26,29)/t16-,22-/m0/s1. The Hall–Kier alpha value is -2.40. The normalized spacial score (nSPS) is 28.8. The van der Waals surface area contributed by atoms with Gasteiger partial charge in [0.25, 0.3) is 5.91 Å². The van der Waals surface area contributed by atoms with Crippen molar-refractivity contribution in [2.24, 2.45) is 5.92 Å². The van der Waals surface area contributed by atoms with Crippen LogP contribution in [0.5, 0.6) is 0 Å². The summed E-state index contributed by atoms with van der Waals surface area (Å²) in [6.45, 7) is 9.33. The van der Waals surface area contributed by atoms with E-state index in [0.29, 0.717) is 29.0 Å². The molecular weight excluding hydrogens is 378 g/mol. The van der Waals surface area contributed by atoms with E-state index >= 15 is 0 Å². The summed E-state index contributed by atoms with van der Waals surface area (Å²) in [4.78, 5) is 22.0.